The van der Waals surface area contributed by atoms with E-state index >= 15 is 0 Å². The summed E-state index contributed by atoms with van der Waals surface area (Å²) >= 11 is 0. The minimum atomic E-state index is -1.24. The van der Waals surface area contributed by atoms with Crippen molar-refractivity contribution in [2.75, 3.05) is 5.32 Å². The first-order valence-corrected chi connectivity index (χ1v) is 5.99. The van der Waals surface area contributed by atoms with Gasteiger partial charge in [-0.05, 0) is 12.5 Å². The van der Waals surface area contributed by atoms with Gasteiger partial charge in [-0.1, -0.05) is 30.3 Å². The number of amides is 1. The van der Waals surface area contributed by atoms with Crippen molar-refractivity contribution in [3.8, 4) is 0 Å². The van der Waals surface area contributed by atoms with Crippen molar-refractivity contribution in [3.63, 3.8) is 0 Å². The molecule has 2 aromatic rings. The van der Waals surface area contributed by atoms with Gasteiger partial charge in [0.05, 0.1) is 5.92 Å². The van der Waals surface area contributed by atoms with E-state index in [1.807, 2.05) is 30.3 Å². The van der Waals surface area contributed by atoms with Gasteiger partial charge in [-0.25, -0.2) is 14.8 Å². The summed E-state index contributed by atoms with van der Waals surface area (Å²) in [5.41, 5.74) is 0.562. The number of rotatable bonds is 4. The van der Waals surface area contributed by atoms with Gasteiger partial charge >= 0.3 is 5.97 Å². The molecule has 6 nitrogen and oxygen atoms in total. The van der Waals surface area contributed by atoms with E-state index in [4.69, 9.17) is 5.11 Å². The molecule has 6 heteroatoms. The van der Waals surface area contributed by atoms with Gasteiger partial charge in [0, 0.05) is 12.4 Å². The van der Waals surface area contributed by atoms with Gasteiger partial charge in [-0.3, -0.25) is 4.79 Å². The Hall–Kier alpha value is -2.76. The van der Waals surface area contributed by atoms with E-state index in [2.05, 4.69) is 15.3 Å². The minimum absolute atomic E-state index is 0.0484. The van der Waals surface area contributed by atoms with Crippen LogP contribution in [0.25, 0.3) is 0 Å². The molecule has 2 rings (SSSR count). The van der Waals surface area contributed by atoms with Gasteiger partial charge in [0.1, 0.15) is 0 Å². The maximum Gasteiger partial charge on any atom is 0.358 e. The molecular weight excluding hydrogens is 258 g/mol. The lowest BCUT2D eigenvalue weighted by Gasteiger charge is -2.12. The summed E-state index contributed by atoms with van der Waals surface area (Å²) in [5, 5.41) is 11.5. The Kier molecular flexibility index (Phi) is 4.05. The molecule has 1 atom stereocenters. The quantitative estimate of drug-likeness (QED) is 0.886. The maximum atomic E-state index is 12.1. The second-order valence-corrected chi connectivity index (χ2v) is 4.18. The third-order valence-corrected chi connectivity index (χ3v) is 2.84. The number of nitrogens with one attached hydrogen (secondary N) is 1. The first kappa shape index (κ1) is 13.7. The summed E-state index contributed by atoms with van der Waals surface area (Å²) in [5.74, 6) is -2.03. The number of carboxylic acids is 1. The van der Waals surface area contributed by atoms with Crippen LogP contribution in [0.15, 0.2) is 42.7 Å². The fraction of sp³-hybridized carbons (Fsp3) is 0.143. The van der Waals surface area contributed by atoms with Crippen LogP contribution in [-0.4, -0.2) is 27.0 Å². The van der Waals surface area contributed by atoms with Crippen LogP contribution in [-0.2, 0) is 4.79 Å². The number of nitrogens with zero attached hydrogens (tertiary/aromatic N) is 2. The van der Waals surface area contributed by atoms with Gasteiger partial charge in [0.2, 0.25) is 5.91 Å². The molecule has 0 bridgehead atoms. The molecular formula is C14H13N3O3. The first-order valence-electron chi connectivity index (χ1n) is 5.99. The second-order valence-electron chi connectivity index (χ2n) is 4.18. The zero-order valence-corrected chi connectivity index (χ0v) is 10.8. The van der Waals surface area contributed by atoms with Crippen LogP contribution in [0, 0.1) is 0 Å². The predicted molar refractivity (Wildman–Crippen MR) is 72.5 cm³/mol. The van der Waals surface area contributed by atoms with Gasteiger partial charge in [0.25, 0.3) is 0 Å². The van der Waals surface area contributed by atoms with Crippen molar-refractivity contribution in [1.82, 2.24) is 9.97 Å². The number of carbonyl (C=O) groups is 2. The van der Waals surface area contributed by atoms with Crippen molar-refractivity contribution >= 4 is 17.7 Å². The number of carboxylic acid groups (broad SMARTS) is 1. The molecule has 0 fully saturated rings. The Morgan fingerprint density at radius 2 is 1.80 bits per heavy atom. The lowest BCUT2D eigenvalue weighted by atomic mass is 10.0. The highest BCUT2D eigenvalue weighted by molar-refractivity contribution is 6.00. The summed E-state index contributed by atoms with van der Waals surface area (Å²) < 4.78 is 0. The zero-order valence-electron chi connectivity index (χ0n) is 10.8. The summed E-state index contributed by atoms with van der Waals surface area (Å²) in [6, 6.07) is 9.20. The molecule has 102 valence electrons. The standard InChI is InChI=1S/C14H13N3O3/c1-9(10-5-3-2-4-6-10)13(18)17-12-11(14(19)20)15-7-8-16-12/h2-9H,1H3,(H,19,20)(H,16,17,18). The Labute approximate surface area is 115 Å². The first-order chi connectivity index (χ1) is 9.59. The third-order valence-electron chi connectivity index (χ3n) is 2.84. The Morgan fingerprint density at radius 3 is 2.45 bits per heavy atom. The summed E-state index contributed by atoms with van der Waals surface area (Å²) in [7, 11) is 0. The van der Waals surface area contributed by atoms with Crippen molar-refractivity contribution in [2.45, 2.75) is 12.8 Å². The fourth-order valence-electron chi connectivity index (χ4n) is 1.70. The maximum absolute atomic E-state index is 12.1. The molecule has 1 aromatic heterocycles. The molecule has 0 aliphatic heterocycles. The lowest BCUT2D eigenvalue weighted by Crippen LogP contribution is -2.21. The number of carbonyl (C=O) groups excluding carboxylic acids is 1. The van der Waals surface area contributed by atoms with Gasteiger partial charge in [-0.15, -0.1) is 0 Å². The number of anilines is 1. The van der Waals surface area contributed by atoms with E-state index in [0.717, 1.165) is 5.56 Å². The van der Waals surface area contributed by atoms with Crippen LogP contribution in [0.4, 0.5) is 5.82 Å². The van der Waals surface area contributed by atoms with E-state index in [1.54, 1.807) is 6.92 Å². The summed E-state index contributed by atoms with van der Waals surface area (Å²) in [6.07, 6.45) is 2.59. The normalized spacial score (nSPS) is 11.7. The number of benzene rings is 1. The molecule has 0 saturated heterocycles. The lowest BCUT2D eigenvalue weighted by molar-refractivity contribution is -0.117. The molecule has 1 aromatic carbocycles. The highest BCUT2D eigenvalue weighted by Crippen LogP contribution is 2.17. The molecule has 20 heavy (non-hydrogen) atoms. The van der Waals surface area contributed by atoms with Gasteiger partial charge in [0.15, 0.2) is 11.5 Å². The molecule has 0 aliphatic rings. The van der Waals surface area contributed by atoms with Crippen LogP contribution in [0.5, 0.6) is 0 Å². The molecule has 1 heterocycles. The van der Waals surface area contributed by atoms with Crippen LogP contribution in [0.3, 0.4) is 0 Å². The summed E-state index contributed by atoms with van der Waals surface area (Å²) in [4.78, 5) is 30.6. The molecule has 0 saturated carbocycles. The Bertz CT molecular complexity index is 629. The SMILES string of the molecule is CC(C(=O)Nc1nccnc1C(=O)O)c1ccccc1. The second kappa shape index (κ2) is 5.92. The number of hydrogen-bond acceptors (Lipinski definition) is 4. The van der Waals surface area contributed by atoms with Crippen molar-refractivity contribution in [1.29, 1.82) is 0 Å². The number of aromatic carboxylic acids is 1. The van der Waals surface area contributed by atoms with Gasteiger partial charge in [-0.2, -0.15) is 0 Å². The minimum Gasteiger partial charge on any atom is -0.476 e. The van der Waals surface area contributed by atoms with Crippen LogP contribution in [0.1, 0.15) is 28.9 Å². The van der Waals surface area contributed by atoms with Crippen molar-refractivity contribution in [3.05, 3.63) is 54.0 Å². The molecule has 1 amide bonds. The number of aromatic nitrogens is 2. The van der Waals surface area contributed by atoms with E-state index < -0.39 is 11.9 Å². The highest BCUT2D eigenvalue weighted by atomic mass is 16.4. The zero-order chi connectivity index (χ0) is 14.5. The molecule has 0 radical (unpaired) electrons. The predicted octanol–water partition coefficient (Wildman–Crippen LogP) is 1.92. The highest BCUT2D eigenvalue weighted by Gasteiger charge is 2.19. The molecule has 0 aliphatic carbocycles. The van der Waals surface area contributed by atoms with Crippen molar-refractivity contribution in [2.24, 2.45) is 0 Å². The average molecular weight is 271 g/mol. The number of hydrogen-bond donors (Lipinski definition) is 2. The monoisotopic (exact) mass is 271 g/mol. The molecule has 1 unspecified atom stereocenters. The largest absolute Gasteiger partial charge is 0.476 e. The molecule has 2 N–H and O–H groups in total. The van der Waals surface area contributed by atoms with Crippen LogP contribution in [0.2, 0.25) is 0 Å². The van der Waals surface area contributed by atoms with Crippen molar-refractivity contribution < 1.29 is 14.7 Å². The third kappa shape index (κ3) is 2.97. The topological polar surface area (TPSA) is 92.2 Å². The van der Waals surface area contributed by atoms with Crippen LogP contribution < -0.4 is 5.32 Å². The van der Waals surface area contributed by atoms with Crippen LogP contribution >= 0.6 is 0 Å². The average Bonchev–Trinajstić information content (AvgIpc) is 2.47. The van der Waals surface area contributed by atoms with E-state index in [-0.39, 0.29) is 17.4 Å². The van der Waals surface area contributed by atoms with E-state index in [9.17, 15) is 9.59 Å². The smallest absolute Gasteiger partial charge is 0.358 e. The van der Waals surface area contributed by atoms with E-state index in [1.165, 1.54) is 12.4 Å². The Morgan fingerprint density at radius 1 is 1.15 bits per heavy atom. The Balaban J connectivity index is 2.18. The van der Waals surface area contributed by atoms with E-state index in [0.29, 0.717) is 0 Å². The fourth-order valence-corrected chi connectivity index (χ4v) is 1.70. The van der Waals surface area contributed by atoms with Gasteiger partial charge < -0.3 is 10.4 Å². The summed E-state index contributed by atoms with van der Waals surface area (Å²) in [6.45, 7) is 1.74. The molecule has 0 spiro atoms.